The third kappa shape index (κ3) is 5.04. The van der Waals surface area contributed by atoms with Crippen LogP contribution in [0.25, 0.3) is 0 Å². The van der Waals surface area contributed by atoms with E-state index >= 15 is 0 Å². The Balaban J connectivity index is 1.57. The predicted molar refractivity (Wildman–Crippen MR) is 105 cm³/mol. The third-order valence-electron chi connectivity index (χ3n) is 3.81. The smallest absolute Gasteiger partial charge is 0.274 e. The van der Waals surface area contributed by atoms with Crippen molar-refractivity contribution < 1.29 is 4.79 Å². The van der Waals surface area contributed by atoms with Gasteiger partial charge in [-0.25, -0.2) is 9.97 Å². The highest BCUT2D eigenvalue weighted by Gasteiger charge is 2.09. The van der Waals surface area contributed by atoms with Gasteiger partial charge in [0.1, 0.15) is 5.69 Å². The Morgan fingerprint density at radius 3 is 2.50 bits per heavy atom. The Morgan fingerprint density at radius 1 is 1.04 bits per heavy atom. The molecule has 0 aliphatic heterocycles. The van der Waals surface area contributed by atoms with E-state index in [4.69, 9.17) is 11.6 Å². The lowest BCUT2D eigenvalue weighted by Crippen LogP contribution is -2.16. The molecular weight excluding hydrogens is 348 g/mol. The van der Waals surface area contributed by atoms with Crippen molar-refractivity contribution in [1.82, 2.24) is 9.97 Å². The summed E-state index contributed by atoms with van der Waals surface area (Å²) in [4.78, 5) is 20.8. The van der Waals surface area contributed by atoms with Gasteiger partial charge in [-0.15, -0.1) is 0 Å². The summed E-state index contributed by atoms with van der Waals surface area (Å²) in [7, 11) is 0. The van der Waals surface area contributed by atoms with Crippen LogP contribution in [-0.2, 0) is 6.42 Å². The van der Waals surface area contributed by atoms with E-state index in [1.54, 1.807) is 12.3 Å². The second-order valence-corrected chi connectivity index (χ2v) is 6.33. The molecule has 0 radical (unpaired) electrons. The normalized spacial score (nSPS) is 10.4. The number of benzene rings is 2. The maximum Gasteiger partial charge on any atom is 0.274 e. The lowest BCUT2D eigenvalue weighted by molar-refractivity contribution is 0.102. The van der Waals surface area contributed by atoms with Gasteiger partial charge in [-0.1, -0.05) is 41.4 Å². The molecule has 6 heteroatoms. The van der Waals surface area contributed by atoms with Crippen LogP contribution in [0, 0.1) is 6.92 Å². The molecule has 2 aromatic carbocycles. The number of carbonyl (C=O) groups excluding carboxylic acids is 1. The summed E-state index contributed by atoms with van der Waals surface area (Å²) in [6, 6.07) is 16.9. The zero-order valence-corrected chi connectivity index (χ0v) is 15.1. The van der Waals surface area contributed by atoms with Crippen molar-refractivity contribution in [2.24, 2.45) is 0 Å². The van der Waals surface area contributed by atoms with Gasteiger partial charge in [0.15, 0.2) is 0 Å². The van der Waals surface area contributed by atoms with Gasteiger partial charge in [0.2, 0.25) is 5.95 Å². The predicted octanol–water partition coefficient (Wildman–Crippen LogP) is 4.35. The van der Waals surface area contributed by atoms with E-state index in [9.17, 15) is 4.79 Å². The largest absolute Gasteiger partial charge is 0.354 e. The minimum atomic E-state index is -0.267. The topological polar surface area (TPSA) is 66.9 Å². The van der Waals surface area contributed by atoms with Gasteiger partial charge >= 0.3 is 0 Å². The van der Waals surface area contributed by atoms with Crippen molar-refractivity contribution in [3.8, 4) is 0 Å². The zero-order chi connectivity index (χ0) is 18.4. The SMILES string of the molecule is Cc1ccc(NC(=O)c2ccnc(NCCc3ccc(Cl)cc3)n2)cc1. The molecule has 0 unspecified atom stereocenters. The van der Waals surface area contributed by atoms with Crippen LogP contribution in [0.1, 0.15) is 21.6 Å². The van der Waals surface area contributed by atoms with Crippen LogP contribution < -0.4 is 10.6 Å². The molecule has 3 rings (SSSR count). The first-order valence-electron chi connectivity index (χ1n) is 8.29. The number of carbonyl (C=O) groups is 1. The lowest BCUT2D eigenvalue weighted by atomic mass is 10.1. The van der Waals surface area contributed by atoms with Gasteiger partial charge in [0.05, 0.1) is 0 Å². The Kier molecular flexibility index (Phi) is 5.81. The van der Waals surface area contributed by atoms with Gasteiger partial charge in [0.25, 0.3) is 5.91 Å². The molecule has 0 spiro atoms. The summed E-state index contributed by atoms with van der Waals surface area (Å²) in [5, 5.41) is 6.69. The first kappa shape index (κ1) is 17.9. The minimum absolute atomic E-state index is 0.267. The molecule has 1 amide bonds. The van der Waals surface area contributed by atoms with E-state index in [1.165, 1.54) is 0 Å². The van der Waals surface area contributed by atoms with Crippen LogP contribution in [-0.4, -0.2) is 22.4 Å². The number of halogens is 1. The number of hydrogen-bond acceptors (Lipinski definition) is 4. The van der Waals surface area contributed by atoms with E-state index in [0.29, 0.717) is 18.2 Å². The van der Waals surface area contributed by atoms with Crippen molar-refractivity contribution in [2.45, 2.75) is 13.3 Å². The molecule has 0 atom stereocenters. The quantitative estimate of drug-likeness (QED) is 0.680. The number of hydrogen-bond donors (Lipinski definition) is 2. The molecule has 3 aromatic rings. The van der Waals surface area contributed by atoms with Crippen molar-refractivity contribution >= 4 is 29.1 Å². The average molecular weight is 367 g/mol. The van der Waals surface area contributed by atoms with Crippen molar-refractivity contribution in [3.63, 3.8) is 0 Å². The molecule has 1 aromatic heterocycles. The summed E-state index contributed by atoms with van der Waals surface area (Å²) in [5.41, 5.74) is 3.35. The van der Waals surface area contributed by atoms with E-state index in [1.807, 2.05) is 55.5 Å². The highest BCUT2D eigenvalue weighted by atomic mass is 35.5. The molecule has 0 aliphatic rings. The van der Waals surface area contributed by atoms with Crippen LogP contribution in [0.3, 0.4) is 0 Å². The monoisotopic (exact) mass is 366 g/mol. The van der Waals surface area contributed by atoms with E-state index in [0.717, 1.165) is 28.3 Å². The summed E-state index contributed by atoms with van der Waals surface area (Å²) in [6.07, 6.45) is 2.38. The Bertz CT molecular complexity index is 879. The number of nitrogens with one attached hydrogen (secondary N) is 2. The minimum Gasteiger partial charge on any atom is -0.354 e. The Labute approximate surface area is 157 Å². The van der Waals surface area contributed by atoms with Crippen molar-refractivity contribution in [3.05, 3.63) is 82.6 Å². The van der Waals surface area contributed by atoms with Gasteiger partial charge in [-0.3, -0.25) is 4.79 Å². The summed E-state index contributed by atoms with van der Waals surface area (Å²) in [5.74, 6) is 0.160. The maximum absolute atomic E-state index is 12.3. The summed E-state index contributed by atoms with van der Waals surface area (Å²) < 4.78 is 0. The number of nitrogens with zero attached hydrogens (tertiary/aromatic N) is 2. The second kappa shape index (κ2) is 8.45. The molecule has 2 N–H and O–H groups in total. The van der Waals surface area contributed by atoms with Crippen LogP contribution >= 0.6 is 11.6 Å². The molecule has 0 saturated heterocycles. The molecule has 1 heterocycles. The van der Waals surface area contributed by atoms with Gasteiger partial charge in [0, 0.05) is 23.5 Å². The molecule has 0 saturated carbocycles. The molecule has 26 heavy (non-hydrogen) atoms. The maximum atomic E-state index is 12.3. The van der Waals surface area contributed by atoms with Crippen LogP contribution in [0.15, 0.2) is 60.8 Å². The van der Waals surface area contributed by atoms with Crippen molar-refractivity contribution in [2.75, 3.05) is 17.2 Å². The van der Waals surface area contributed by atoms with Crippen LogP contribution in [0.4, 0.5) is 11.6 Å². The van der Waals surface area contributed by atoms with E-state index < -0.39 is 0 Å². The fourth-order valence-corrected chi connectivity index (χ4v) is 2.50. The summed E-state index contributed by atoms with van der Waals surface area (Å²) in [6.45, 7) is 2.66. The number of rotatable bonds is 6. The highest BCUT2D eigenvalue weighted by Crippen LogP contribution is 2.12. The molecule has 132 valence electrons. The summed E-state index contributed by atoms with van der Waals surface area (Å²) >= 11 is 5.88. The number of anilines is 2. The number of aryl methyl sites for hydroxylation is 1. The molecule has 0 fully saturated rings. The first-order valence-corrected chi connectivity index (χ1v) is 8.67. The molecule has 5 nitrogen and oxygen atoms in total. The fraction of sp³-hybridized carbons (Fsp3) is 0.150. The average Bonchev–Trinajstić information content (AvgIpc) is 2.65. The first-order chi connectivity index (χ1) is 12.6. The van der Waals surface area contributed by atoms with Crippen LogP contribution in [0.5, 0.6) is 0 Å². The zero-order valence-electron chi connectivity index (χ0n) is 14.4. The number of aromatic nitrogens is 2. The second-order valence-electron chi connectivity index (χ2n) is 5.89. The van der Waals surface area contributed by atoms with Gasteiger partial charge < -0.3 is 10.6 Å². The van der Waals surface area contributed by atoms with Gasteiger partial charge in [-0.05, 0) is 49.2 Å². The standard InChI is InChI=1S/C20H19ClN4O/c1-14-2-8-17(9-3-14)24-19(26)18-11-13-23-20(25-18)22-12-10-15-4-6-16(21)7-5-15/h2-9,11,13H,10,12H2,1H3,(H,24,26)(H,22,23,25). The Hall–Kier alpha value is -2.92. The van der Waals surface area contributed by atoms with Crippen molar-refractivity contribution in [1.29, 1.82) is 0 Å². The Morgan fingerprint density at radius 2 is 1.77 bits per heavy atom. The van der Waals surface area contributed by atoms with E-state index in [-0.39, 0.29) is 5.91 Å². The lowest BCUT2D eigenvalue weighted by Gasteiger charge is -2.08. The van der Waals surface area contributed by atoms with E-state index in [2.05, 4.69) is 20.6 Å². The van der Waals surface area contributed by atoms with Gasteiger partial charge in [-0.2, -0.15) is 0 Å². The molecule has 0 bridgehead atoms. The fourth-order valence-electron chi connectivity index (χ4n) is 2.37. The molecular formula is C20H19ClN4O. The highest BCUT2D eigenvalue weighted by molar-refractivity contribution is 6.30. The molecule has 0 aliphatic carbocycles. The van der Waals surface area contributed by atoms with Crippen LogP contribution in [0.2, 0.25) is 5.02 Å². The third-order valence-corrected chi connectivity index (χ3v) is 4.06. The number of amides is 1.